The van der Waals surface area contributed by atoms with E-state index in [4.69, 9.17) is 28.4 Å². The summed E-state index contributed by atoms with van der Waals surface area (Å²) < 4.78 is 33.6. The van der Waals surface area contributed by atoms with Crippen LogP contribution in [0.3, 0.4) is 0 Å². The fourth-order valence-electron chi connectivity index (χ4n) is 1.95. The van der Waals surface area contributed by atoms with Gasteiger partial charge in [-0.1, -0.05) is 18.2 Å². The molecular weight excluding hydrogens is 348 g/mol. The highest BCUT2D eigenvalue weighted by molar-refractivity contribution is 5.45. The van der Waals surface area contributed by atoms with E-state index in [-0.39, 0.29) is 0 Å². The Morgan fingerprint density at radius 3 is 1.56 bits per heavy atom. The van der Waals surface area contributed by atoms with Crippen LogP contribution >= 0.6 is 0 Å². The lowest BCUT2D eigenvalue weighted by Crippen LogP contribution is -2.18. The van der Waals surface area contributed by atoms with E-state index < -0.39 is 18.9 Å². The molecule has 0 aliphatic heterocycles. The molecule has 0 fully saturated rings. The van der Waals surface area contributed by atoms with Crippen molar-refractivity contribution in [3.8, 4) is 17.2 Å². The Bertz CT molecular complexity index is 623. The molecule has 0 aliphatic carbocycles. The number of allylic oxidation sites excluding steroid dienone is 3. The number of ether oxygens (including phenoxy) is 6. The number of hydrogen-bond acceptors (Lipinski definition) is 6. The molecule has 0 bridgehead atoms. The molecular formula is C21H30O6. The van der Waals surface area contributed by atoms with Crippen LogP contribution in [0.1, 0.15) is 41.5 Å². The minimum Gasteiger partial charge on any atom is -0.463 e. The third kappa shape index (κ3) is 8.94. The molecule has 0 radical (unpaired) electrons. The lowest BCUT2D eigenvalue weighted by atomic mass is 10.3. The first-order valence-electron chi connectivity index (χ1n) is 8.94. The van der Waals surface area contributed by atoms with Crippen molar-refractivity contribution in [1.82, 2.24) is 0 Å². The molecule has 150 valence electrons. The summed E-state index contributed by atoms with van der Waals surface area (Å²) in [5.74, 6) is 1.56. The van der Waals surface area contributed by atoms with Crippen LogP contribution < -0.4 is 14.2 Å². The van der Waals surface area contributed by atoms with Gasteiger partial charge in [-0.25, -0.2) is 0 Å². The van der Waals surface area contributed by atoms with Crippen LogP contribution in [0.15, 0.2) is 55.2 Å². The first kappa shape index (κ1) is 22.3. The Balaban J connectivity index is 2.95. The first-order chi connectivity index (χ1) is 13.0. The Kier molecular flexibility index (Phi) is 10.4. The smallest absolute Gasteiger partial charge is 0.237 e. The maximum Gasteiger partial charge on any atom is 0.237 e. The van der Waals surface area contributed by atoms with Crippen molar-refractivity contribution in [2.45, 2.75) is 60.4 Å². The van der Waals surface area contributed by atoms with Gasteiger partial charge in [-0.2, -0.15) is 0 Å². The first-order valence-corrected chi connectivity index (χ1v) is 8.94. The van der Waals surface area contributed by atoms with E-state index in [1.54, 1.807) is 76.0 Å². The SMILES string of the molecule is C/C=C\OC(C)Oc1ccc(OC(C)O/C=C\C)c(OC(C)O/C=C\C)c1. The second-order valence-corrected chi connectivity index (χ2v) is 5.48. The molecule has 6 nitrogen and oxygen atoms in total. The molecule has 1 rings (SSSR count). The maximum absolute atomic E-state index is 5.85. The van der Waals surface area contributed by atoms with Crippen LogP contribution in [0.4, 0.5) is 0 Å². The number of hydrogen-bond donors (Lipinski definition) is 0. The molecule has 6 heteroatoms. The van der Waals surface area contributed by atoms with Gasteiger partial charge in [-0.3, -0.25) is 0 Å². The van der Waals surface area contributed by atoms with Crippen LogP contribution in [0.25, 0.3) is 0 Å². The van der Waals surface area contributed by atoms with Crippen LogP contribution in [-0.2, 0) is 14.2 Å². The summed E-state index contributed by atoms with van der Waals surface area (Å²) >= 11 is 0. The summed E-state index contributed by atoms with van der Waals surface area (Å²) in [6.45, 7) is 11.0. The average Bonchev–Trinajstić information content (AvgIpc) is 2.65. The highest BCUT2D eigenvalue weighted by Gasteiger charge is 2.15. The molecule has 0 aliphatic rings. The van der Waals surface area contributed by atoms with E-state index in [1.165, 1.54) is 0 Å². The normalized spacial score (nSPS) is 14.9. The average molecular weight is 378 g/mol. The molecule has 0 heterocycles. The molecule has 0 saturated heterocycles. The van der Waals surface area contributed by atoms with Gasteiger partial charge in [-0.15, -0.1) is 0 Å². The molecule has 1 aromatic rings. The highest BCUT2D eigenvalue weighted by Crippen LogP contribution is 2.34. The standard InChI is InChI=1S/C21H30O6/c1-7-12-22-16(4)25-19-10-11-20(26-17(5)23-13-8-2)21(15-19)27-18(6)24-14-9-3/h7-18H,1-6H3/b12-7-,13-8-,14-9-. The largest absolute Gasteiger partial charge is 0.463 e. The zero-order chi connectivity index (χ0) is 20.1. The van der Waals surface area contributed by atoms with E-state index >= 15 is 0 Å². The van der Waals surface area contributed by atoms with Crippen LogP contribution in [-0.4, -0.2) is 18.9 Å². The molecule has 0 spiro atoms. The Labute approximate surface area is 162 Å². The summed E-state index contributed by atoms with van der Waals surface area (Å²) in [6.07, 6.45) is 8.62. The fraction of sp³-hybridized carbons (Fsp3) is 0.429. The molecule has 27 heavy (non-hydrogen) atoms. The molecule has 0 saturated carbocycles. The van der Waals surface area contributed by atoms with Gasteiger partial charge in [0.1, 0.15) is 5.75 Å². The summed E-state index contributed by atoms with van der Waals surface area (Å²) in [6, 6.07) is 5.26. The van der Waals surface area contributed by atoms with Gasteiger partial charge in [0, 0.05) is 26.8 Å². The quantitative estimate of drug-likeness (QED) is 0.353. The van der Waals surface area contributed by atoms with E-state index in [2.05, 4.69) is 0 Å². The van der Waals surface area contributed by atoms with Crippen molar-refractivity contribution in [3.63, 3.8) is 0 Å². The van der Waals surface area contributed by atoms with Gasteiger partial charge >= 0.3 is 0 Å². The second-order valence-electron chi connectivity index (χ2n) is 5.48. The number of benzene rings is 1. The van der Waals surface area contributed by atoms with E-state index in [0.717, 1.165) is 0 Å². The van der Waals surface area contributed by atoms with Gasteiger partial charge in [0.15, 0.2) is 11.5 Å². The summed E-state index contributed by atoms with van der Waals surface area (Å²) in [4.78, 5) is 0. The predicted molar refractivity (Wildman–Crippen MR) is 104 cm³/mol. The Hall–Kier alpha value is -2.76. The summed E-state index contributed by atoms with van der Waals surface area (Å²) in [5.41, 5.74) is 0. The Morgan fingerprint density at radius 2 is 1.07 bits per heavy atom. The Morgan fingerprint density at radius 1 is 0.630 bits per heavy atom. The van der Waals surface area contributed by atoms with Crippen molar-refractivity contribution >= 4 is 0 Å². The van der Waals surface area contributed by atoms with Crippen molar-refractivity contribution < 1.29 is 28.4 Å². The maximum atomic E-state index is 5.85. The van der Waals surface area contributed by atoms with Crippen molar-refractivity contribution in [3.05, 3.63) is 55.2 Å². The molecule has 3 unspecified atom stereocenters. The zero-order valence-electron chi connectivity index (χ0n) is 16.9. The van der Waals surface area contributed by atoms with Crippen molar-refractivity contribution in [2.75, 3.05) is 0 Å². The fourth-order valence-corrected chi connectivity index (χ4v) is 1.95. The van der Waals surface area contributed by atoms with Gasteiger partial charge < -0.3 is 28.4 Å². The molecule has 1 aromatic carbocycles. The number of rotatable bonds is 12. The highest BCUT2D eigenvalue weighted by atomic mass is 16.7. The minimum atomic E-state index is -0.512. The predicted octanol–water partition coefficient (Wildman–Crippen LogP) is 5.51. The van der Waals surface area contributed by atoms with Crippen LogP contribution in [0.2, 0.25) is 0 Å². The van der Waals surface area contributed by atoms with Crippen LogP contribution in [0.5, 0.6) is 17.2 Å². The van der Waals surface area contributed by atoms with Gasteiger partial charge in [0.05, 0.1) is 18.8 Å². The molecule has 3 atom stereocenters. The van der Waals surface area contributed by atoms with E-state index in [0.29, 0.717) is 17.2 Å². The zero-order valence-corrected chi connectivity index (χ0v) is 16.9. The van der Waals surface area contributed by atoms with E-state index in [9.17, 15) is 0 Å². The lowest BCUT2D eigenvalue weighted by molar-refractivity contribution is -0.0340. The molecule has 0 amide bonds. The third-order valence-corrected chi connectivity index (χ3v) is 3.02. The monoisotopic (exact) mass is 378 g/mol. The van der Waals surface area contributed by atoms with Crippen LogP contribution in [0, 0.1) is 0 Å². The van der Waals surface area contributed by atoms with Gasteiger partial charge in [0.2, 0.25) is 18.9 Å². The summed E-state index contributed by atoms with van der Waals surface area (Å²) in [5, 5.41) is 0. The topological polar surface area (TPSA) is 55.4 Å². The third-order valence-electron chi connectivity index (χ3n) is 3.02. The van der Waals surface area contributed by atoms with Gasteiger partial charge in [0.25, 0.3) is 0 Å². The second kappa shape index (κ2) is 12.6. The minimum absolute atomic E-state index is 0.450. The lowest BCUT2D eigenvalue weighted by Gasteiger charge is -2.21. The molecule has 0 aromatic heterocycles. The van der Waals surface area contributed by atoms with Gasteiger partial charge in [-0.05, 0) is 32.9 Å². The van der Waals surface area contributed by atoms with Crippen molar-refractivity contribution in [1.29, 1.82) is 0 Å². The molecule has 0 N–H and O–H groups in total. The summed E-state index contributed by atoms with van der Waals surface area (Å²) in [7, 11) is 0. The van der Waals surface area contributed by atoms with E-state index in [1.807, 2.05) is 20.8 Å². The van der Waals surface area contributed by atoms with Crippen molar-refractivity contribution in [2.24, 2.45) is 0 Å².